The highest BCUT2D eigenvalue weighted by atomic mass is 16.1. The largest absolute Gasteiger partial charge is 0.354 e. The van der Waals surface area contributed by atoms with E-state index in [1.54, 1.807) is 6.20 Å². The summed E-state index contributed by atoms with van der Waals surface area (Å²) in [5.41, 5.74) is 3.09. The molecule has 2 aromatic heterocycles. The SMILES string of the molecule is O=CNc1ccc(N2CCN(Cc3cccc4ncccc34)CC2)nc1. The minimum Gasteiger partial charge on any atom is -0.354 e. The zero-order valence-electron chi connectivity index (χ0n) is 14.5. The molecule has 1 amide bonds. The normalized spacial score (nSPS) is 15.2. The first-order chi connectivity index (χ1) is 12.8. The quantitative estimate of drug-likeness (QED) is 0.719. The van der Waals surface area contributed by atoms with Gasteiger partial charge in [0.05, 0.1) is 17.4 Å². The molecule has 3 aromatic rings. The summed E-state index contributed by atoms with van der Waals surface area (Å²) >= 11 is 0. The van der Waals surface area contributed by atoms with Crippen LogP contribution in [0, 0.1) is 0 Å². The molecule has 0 radical (unpaired) electrons. The molecule has 0 bridgehead atoms. The lowest BCUT2D eigenvalue weighted by molar-refractivity contribution is -0.105. The van der Waals surface area contributed by atoms with Gasteiger partial charge in [-0.1, -0.05) is 18.2 Å². The van der Waals surface area contributed by atoms with Gasteiger partial charge in [-0.2, -0.15) is 0 Å². The van der Waals surface area contributed by atoms with Crippen LogP contribution in [0.25, 0.3) is 10.9 Å². The van der Waals surface area contributed by atoms with Gasteiger partial charge < -0.3 is 10.2 Å². The van der Waals surface area contributed by atoms with Crippen LogP contribution in [0.2, 0.25) is 0 Å². The number of carbonyl (C=O) groups excluding carboxylic acids is 1. The van der Waals surface area contributed by atoms with Crippen LogP contribution in [-0.2, 0) is 11.3 Å². The molecule has 6 nitrogen and oxygen atoms in total. The zero-order chi connectivity index (χ0) is 17.8. The Bertz CT molecular complexity index is 883. The number of aromatic nitrogens is 2. The molecule has 1 saturated heterocycles. The monoisotopic (exact) mass is 347 g/mol. The summed E-state index contributed by atoms with van der Waals surface area (Å²) in [7, 11) is 0. The van der Waals surface area contributed by atoms with Crippen molar-refractivity contribution in [1.29, 1.82) is 0 Å². The second-order valence-corrected chi connectivity index (χ2v) is 6.42. The Morgan fingerprint density at radius 1 is 1.00 bits per heavy atom. The number of benzene rings is 1. The van der Waals surface area contributed by atoms with Crippen LogP contribution < -0.4 is 10.2 Å². The fourth-order valence-electron chi connectivity index (χ4n) is 3.41. The number of piperazine rings is 1. The third kappa shape index (κ3) is 3.50. The summed E-state index contributed by atoms with van der Waals surface area (Å²) in [4.78, 5) is 24.1. The first kappa shape index (κ1) is 16.5. The van der Waals surface area contributed by atoms with Crippen molar-refractivity contribution in [2.24, 2.45) is 0 Å². The highest BCUT2D eigenvalue weighted by Gasteiger charge is 2.18. The number of nitrogens with zero attached hydrogens (tertiary/aromatic N) is 4. The first-order valence-corrected chi connectivity index (χ1v) is 8.80. The van der Waals surface area contributed by atoms with Gasteiger partial charge in [0, 0.05) is 44.3 Å². The predicted octanol–water partition coefficient (Wildman–Crippen LogP) is 2.52. The van der Waals surface area contributed by atoms with E-state index in [9.17, 15) is 4.79 Å². The van der Waals surface area contributed by atoms with Gasteiger partial charge >= 0.3 is 0 Å². The fraction of sp³-hybridized carbons (Fsp3) is 0.250. The number of pyridine rings is 2. The molecule has 3 heterocycles. The van der Waals surface area contributed by atoms with Crippen LogP contribution in [0.4, 0.5) is 11.5 Å². The lowest BCUT2D eigenvalue weighted by Gasteiger charge is -2.35. The zero-order valence-corrected chi connectivity index (χ0v) is 14.5. The van der Waals surface area contributed by atoms with Gasteiger partial charge in [0.2, 0.25) is 6.41 Å². The number of carbonyl (C=O) groups is 1. The van der Waals surface area contributed by atoms with Gasteiger partial charge in [0.15, 0.2) is 0 Å². The molecule has 0 unspecified atom stereocenters. The molecule has 0 spiro atoms. The number of rotatable bonds is 5. The number of hydrogen-bond donors (Lipinski definition) is 1. The third-order valence-electron chi connectivity index (χ3n) is 4.80. The Labute approximate surface area is 152 Å². The molecule has 0 saturated carbocycles. The molecule has 1 aliphatic heterocycles. The van der Waals surface area contributed by atoms with E-state index in [1.807, 2.05) is 24.4 Å². The molecule has 1 N–H and O–H groups in total. The van der Waals surface area contributed by atoms with E-state index in [0.29, 0.717) is 12.1 Å². The number of hydrogen-bond acceptors (Lipinski definition) is 5. The smallest absolute Gasteiger partial charge is 0.211 e. The summed E-state index contributed by atoms with van der Waals surface area (Å²) in [6.07, 6.45) is 4.20. The first-order valence-electron chi connectivity index (χ1n) is 8.80. The molecule has 1 aromatic carbocycles. The summed E-state index contributed by atoms with van der Waals surface area (Å²) in [5, 5.41) is 3.85. The maximum Gasteiger partial charge on any atom is 0.211 e. The van der Waals surface area contributed by atoms with Gasteiger partial charge in [0.25, 0.3) is 0 Å². The van der Waals surface area contributed by atoms with Gasteiger partial charge in [0.1, 0.15) is 5.82 Å². The van der Waals surface area contributed by atoms with Crippen molar-refractivity contribution < 1.29 is 4.79 Å². The van der Waals surface area contributed by atoms with Crippen molar-refractivity contribution in [3.05, 3.63) is 60.4 Å². The van der Waals surface area contributed by atoms with Crippen molar-refractivity contribution in [3.63, 3.8) is 0 Å². The van der Waals surface area contributed by atoms with Crippen LogP contribution in [0.3, 0.4) is 0 Å². The molecule has 0 aliphatic carbocycles. The fourth-order valence-corrected chi connectivity index (χ4v) is 3.41. The van der Waals surface area contributed by atoms with E-state index >= 15 is 0 Å². The third-order valence-corrected chi connectivity index (χ3v) is 4.80. The molecule has 1 aliphatic rings. The van der Waals surface area contributed by atoms with Crippen LogP contribution in [0.1, 0.15) is 5.56 Å². The summed E-state index contributed by atoms with van der Waals surface area (Å²) in [6, 6.07) is 14.3. The summed E-state index contributed by atoms with van der Waals surface area (Å²) < 4.78 is 0. The minimum atomic E-state index is 0.665. The van der Waals surface area contributed by atoms with Gasteiger partial charge in [-0.3, -0.25) is 14.7 Å². The van der Waals surface area contributed by atoms with E-state index in [-0.39, 0.29) is 0 Å². The maximum atomic E-state index is 10.5. The second-order valence-electron chi connectivity index (χ2n) is 6.42. The van der Waals surface area contributed by atoms with Crippen molar-refractivity contribution in [1.82, 2.24) is 14.9 Å². The number of fused-ring (bicyclic) bond motifs is 1. The Balaban J connectivity index is 1.39. The highest BCUT2D eigenvalue weighted by Crippen LogP contribution is 2.20. The number of amides is 1. The average Bonchev–Trinajstić information content (AvgIpc) is 2.70. The maximum absolute atomic E-state index is 10.5. The van der Waals surface area contributed by atoms with Crippen LogP contribution in [0.5, 0.6) is 0 Å². The highest BCUT2D eigenvalue weighted by molar-refractivity contribution is 5.81. The van der Waals surface area contributed by atoms with Gasteiger partial charge in [-0.05, 0) is 29.8 Å². The molecular weight excluding hydrogens is 326 g/mol. The van der Waals surface area contributed by atoms with E-state index in [0.717, 1.165) is 44.1 Å². The van der Waals surface area contributed by atoms with E-state index in [2.05, 4.69) is 49.4 Å². The average molecular weight is 347 g/mol. The Kier molecular flexibility index (Phi) is 4.75. The molecule has 1 fully saturated rings. The van der Waals surface area contributed by atoms with E-state index in [4.69, 9.17) is 0 Å². The number of anilines is 2. The van der Waals surface area contributed by atoms with Crippen LogP contribution in [0.15, 0.2) is 54.9 Å². The van der Waals surface area contributed by atoms with Gasteiger partial charge in [-0.25, -0.2) is 4.98 Å². The summed E-state index contributed by atoms with van der Waals surface area (Å²) in [5.74, 6) is 0.954. The van der Waals surface area contributed by atoms with E-state index in [1.165, 1.54) is 10.9 Å². The van der Waals surface area contributed by atoms with Crippen molar-refractivity contribution in [3.8, 4) is 0 Å². The Hall–Kier alpha value is -2.99. The van der Waals surface area contributed by atoms with Gasteiger partial charge in [-0.15, -0.1) is 0 Å². The molecule has 4 rings (SSSR count). The minimum absolute atomic E-state index is 0.665. The van der Waals surface area contributed by atoms with Crippen LogP contribution in [-0.4, -0.2) is 47.5 Å². The molecule has 0 atom stereocenters. The van der Waals surface area contributed by atoms with E-state index < -0.39 is 0 Å². The lowest BCUT2D eigenvalue weighted by Crippen LogP contribution is -2.46. The van der Waals surface area contributed by atoms with Crippen LogP contribution >= 0.6 is 0 Å². The van der Waals surface area contributed by atoms with Crippen molar-refractivity contribution in [2.75, 3.05) is 36.4 Å². The Morgan fingerprint density at radius 2 is 1.88 bits per heavy atom. The predicted molar refractivity (Wildman–Crippen MR) is 103 cm³/mol. The molecule has 26 heavy (non-hydrogen) atoms. The second kappa shape index (κ2) is 7.49. The molecule has 6 heteroatoms. The molecular formula is C20H21N5O. The lowest BCUT2D eigenvalue weighted by atomic mass is 10.1. The number of nitrogens with one attached hydrogen (secondary N) is 1. The standard InChI is InChI=1S/C20H21N5O/c26-15-23-17-6-7-20(22-13-17)25-11-9-24(10-12-25)14-16-3-1-5-19-18(16)4-2-8-21-19/h1-8,13,15H,9-12,14H2,(H,23,26). The van der Waals surface area contributed by atoms with Crippen molar-refractivity contribution >= 4 is 28.8 Å². The molecule has 132 valence electrons. The summed E-state index contributed by atoms with van der Waals surface area (Å²) in [6.45, 7) is 4.80. The van der Waals surface area contributed by atoms with Crippen molar-refractivity contribution in [2.45, 2.75) is 6.54 Å². The Morgan fingerprint density at radius 3 is 2.65 bits per heavy atom. The topological polar surface area (TPSA) is 61.4 Å².